The summed E-state index contributed by atoms with van der Waals surface area (Å²) < 4.78 is 4.95. The van der Waals surface area contributed by atoms with E-state index in [2.05, 4.69) is 6.58 Å². The lowest BCUT2D eigenvalue weighted by molar-refractivity contribution is 0.139. The summed E-state index contributed by atoms with van der Waals surface area (Å²) in [4.78, 5) is 0. The van der Waals surface area contributed by atoms with Gasteiger partial charge in [-0.15, -0.1) is 0 Å². The molecule has 0 fully saturated rings. The molecule has 0 spiro atoms. The van der Waals surface area contributed by atoms with Gasteiger partial charge in [0.05, 0.1) is 0 Å². The summed E-state index contributed by atoms with van der Waals surface area (Å²) in [5.41, 5.74) is 0. The van der Waals surface area contributed by atoms with Crippen LogP contribution >= 0.6 is 0 Å². The molecule has 0 saturated carbocycles. The van der Waals surface area contributed by atoms with Gasteiger partial charge in [-0.2, -0.15) is 0 Å². The van der Waals surface area contributed by atoms with Crippen molar-refractivity contribution < 1.29 is 9.84 Å². The van der Waals surface area contributed by atoms with Crippen LogP contribution in [-0.2, 0) is 4.74 Å². The molecule has 11 heavy (non-hydrogen) atoms. The van der Waals surface area contributed by atoms with Crippen molar-refractivity contribution in [2.75, 3.05) is 0 Å². The molecule has 2 heteroatoms. The Morgan fingerprint density at radius 2 is 2.18 bits per heavy atom. The third kappa shape index (κ3) is 5.52. The Hall–Kier alpha value is -0.920. The van der Waals surface area contributed by atoms with Gasteiger partial charge in [-0.25, -0.2) is 0 Å². The van der Waals surface area contributed by atoms with E-state index in [-0.39, 0.29) is 5.95 Å². The predicted octanol–water partition coefficient (Wildman–Crippen LogP) is 3.13. The maximum atomic E-state index is 9.02. The van der Waals surface area contributed by atoms with Crippen LogP contribution in [0.4, 0.5) is 0 Å². The maximum Gasteiger partial charge on any atom is 0.277 e. The van der Waals surface area contributed by atoms with Crippen LogP contribution in [0.2, 0.25) is 0 Å². The summed E-state index contributed by atoms with van der Waals surface area (Å²) >= 11 is 0. The molecule has 0 aliphatic rings. The van der Waals surface area contributed by atoms with Gasteiger partial charge < -0.3 is 9.84 Å². The molecule has 0 unspecified atom stereocenters. The zero-order chi connectivity index (χ0) is 8.69. The summed E-state index contributed by atoms with van der Waals surface area (Å²) in [6.45, 7) is 7.61. The predicted molar refractivity (Wildman–Crippen MR) is 46.1 cm³/mol. The van der Waals surface area contributed by atoms with E-state index in [1.165, 1.54) is 0 Å². The zero-order valence-corrected chi connectivity index (χ0v) is 7.26. The first-order valence-corrected chi connectivity index (χ1v) is 3.95. The first kappa shape index (κ1) is 10.1. The van der Waals surface area contributed by atoms with Gasteiger partial charge in [-0.1, -0.05) is 20.4 Å². The Morgan fingerprint density at radius 1 is 1.55 bits per heavy atom. The molecule has 0 atom stereocenters. The average Bonchev–Trinajstić information content (AvgIpc) is 1.87. The molecule has 1 N–H and O–H groups in total. The molecular formula is C9H16O2. The summed E-state index contributed by atoms with van der Waals surface area (Å²) in [5, 5.41) is 9.02. The minimum atomic E-state index is -0.0362. The van der Waals surface area contributed by atoms with Gasteiger partial charge in [0.2, 0.25) is 0 Å². The van der Waals surface area contributed by atoms with Crippen LogP contribution in [0.1, 0.15) is 33.1 Å². The highest BCUT2D eigenvalue weighted by molar-refractivity contribution is 4.90. The lowest BCUT2D eigenvalue weighted by atomic mass is 10.3. The summed E-state index contributed by atoms with van der Waals surface area (Å²) in [6.07, 6.45) is 4.16. The number of aliphatic hydroxyl groups is 1. The van der Waals surface area contributed by atoms with E-state index >= 15 is 0 Å². The maximum absolute atomic E-state index is 9.02. The number of aliphatic hydroxyl groups excluding tert-OH is 1. The van der Waals surface area contributed by atoms with Gasteiger partial charge >= 0.3 is 0 Å². The monoisotopic (exact) mass is 156 g/mol. The SMILES string of the molecule is C=C(CCC)O/C(O)=C/CC. The van der Waals surface area contributed by atoms with Crippen LogP contribution < -0.4 is 0 Å². The molecule has 0 aromatic rings. The third-order valence-corrected chi connectivity index (χ3v) is 1.16. The van der Waals surface area contributed by atoms with E-state index in [0.29, 0.717) is 5.76 Å². The fourth-order valence-electron chi connectivity index (χ4n) is 0.694. The molecule has 0 bridgehead atoms. The van der Waals surface area contributed by atoms with E-state index in [1.54, 1.807) is 6.08 Å². The summed E-state index contributed by atoms with van der Waals surface area (Å²) in [7, 11) is 0. The Bertz CT molecular complexity index is 148. The van der Waals surface area contributed by atoms with Crippen LogP contribution in [-0.4, -0.2) is 5.11 Å². The van der Waals surface area contributed by atoms with Crippen molar-refractivity contribution in [3.05, 3.63) is 24.4 Å². The lowest BCUT2D eigenvalue weighted by Crippen LogP contribution is -1.90. The fraction of sp³-hybridized carbons (Fsp3) is 0.556. The molecule has 0 aliphatic carbocycles. The lowest BCUT2D eigenvalue weighted by Gasteiger charge is -2.04. The average molecular weight is 156 g/mol. The molecule has 0 heterocycles. The highest BCUT2D eigenvalue weighted by atomic mass is 16.6. The molecule has 0 radical (unpaired) electrons. The summed E-state index contributed by atoms with van der Waals surface area (Å²) in [5.74, 6) is 0.584. The van der Waals surface area contributed by atoms with Crippen LogP contribution in [0, 0.1) is 0 Å². The van der Waals surface area contributed by atoms with Crippen molar-refractivity contribution in [3.8, 4) is 0 Å². The van der Waals surface area contributed by atoms with Crippen molar-refractivity contribution in [3.63, 3.8) is 0 Å². The number of hydrogen-bond donors (Lipinski definition) is 1. The molecule has 0 aromatic heterocycles. The smallest absolute Gasteiger partial charge is 0.277 e. The van der Waals surface area contributed by atoms with Crippen molar-refractivity contribution in [2.45, 2.75) is 33.1 Å². The largest absolute Gasteiger partial charge is 0.481 e. The van der Waals surface area contributed by atoms with E-state index < -0.39 is 0 Å². The third-order valence-electron chi connectivity index (χ3n) is 1.16. The second-order valence-electron chi connectivity index (χ2n) is 2.34. The van der Waals surface area contributed by atoms with Crippen molar-refractivity contribution in [1.82, 2.24) is 0 Å². The normalized spacial score (nSPS) is 11.3. The second-order valence-corrected chi connectivity index (χ2v) is 2.34. The first-order valence-electron chi connectivity index (χ1n) is 3.95. The van der Waals surface area contributed by atoms with Gasteiger partial charge in [0, 0.05) is 6.42 Å². The summed E-state index contributed by atoms with van der Waals surface area (Å²) in [6, 6.07) is 0. The molecular weight excluding hydrogens is 140 g/mol. The van der Waals surface area contributed by atoms with E-state index in [0.717, 1.165) is 19.3 Å². The molecule has 0 amide bonds. The topological polar surface area (TPSA) is 29.5 Å². The Balaban J connectivity index is 3.66. The quantitative estimate of drug-likeness (QED) is 0.620. The van der Waals surface area contributed by atoms with E-state index in [1.807, 2.05) is 13.8 Å². The number of allylic oxidation sites excluding steroid dienone is 2. The van der Waals surface area contributed by atoms with Crippen molar-refractivity contribution in [2.24, 2.45) is 0 Å². The Morgan fingerprint density at radius 3 is 2.64 bits per heavy atom. The molecule has 0 aliphatic heterocycles. The standard InChI is InChI=1S/C9H16O2/c1-4-6-8(3)11-9(10)7-5-2/h7,10H,3-6H2,1-2H3/b9-7+. The molecule has 0 saturated heterocycles. The van der Waals surface area contributed by atoms with Crippen molar-refractivity contribution >= 4 is 0 Å². The second kappa shape index (κ2) is 5.83. The van der Waals surface area contributed by atoms with Gasteiger partial charge in [0.1, 0.15) is 5.76 Å². The highest BCUT2D eigenvalue weighted by Crippen LogP contribution is 2.07. The molecule has 64 valence electrons. The molecule has 0 rings (SSSR count). The highest BCUT2D eigenvalue weighted by Gasteiger charge is 1.95. The van der Waals surface area contributed by atoms with Gasteiger partial charge in [-0.05, 0) is 18.9 Å². The van der Waals surface area contributed by atoms with Crippen molar-refractivity contribution in [1.29, 1.82) is 0 Å². The number of ether oxygens (including phenoxy) is 1. The molecule has 2 nitrogen and oxygen atoms in total. The van der Waals surface area contributed by atoms with Crippen LogP contribution in [0.3, 0.4) is 0 Å². The Labute approximate surface area is 68.2 Å². The number of rotatable bonds is 5. The van der Waals surface area contributed by atoms with Gasteiger partial charge in [0.25, 0.3) is 5.95 Å². The van der Waals surface area contributed by atoms with E-state index in [9.17, 15) is 0 Å². The minimum Gasteiger partial charge on any atom is -0.481 e. The first-order chi connectivity index (χ1) is 5.20. The minimum absolute atomic E-state index is 0.0362. The van der Waals surface area contributed by atoms with Gasteiger partial charge in [0.15, 0.2) is 0 Å². The zero-order valence-electron chi connectivity index (χ0n) is 7.26. The van der Waals surface area contributed by atoms with Crippen LogP contribution in [0.15, 0.2) is 24.4 Å². The van der Waals surface area contributed by atoms with Gasteiger partial charge in [-0.3, -0.25) is 0 Å². The van der Waals surface area contributed by atoms with Crippen LogP contribution in [0.25, 0.3) is 0 Å². The van der Waals surface area contributed by atoms with Crippen LogP contribution in [0.5, 0.6) is 0 Å². The fourth-order valence-corrected chi connectivity index (χ4v) is 0.694. The Kier molecular flexibility index (Phi) is 5.35. The number of hydrogen-bond acceptors (Lipinski definition) is 2. The molecule has 0 aromatic carbocycles. The van der Waals surface area contributed by atoms with E-state index in [4.69, 9.17) is 9.84 Å².